The molecule has 2 aliphatic rings. The molecule has 2 aliphatic heterocycles. The monoisotopic (exact) mass is 560 g/mol. The average molecular weight is 561 g/mol. The van der Waals surface area contributed by atoms with Gasteiger partial charge in [-0.15, -0.1) is 0 Å². The smallest absolute Gasteiger partial charge is 0.262 e. The van der Waals surface area contributed by atoms with Gasteiger partial charge in [-0.2, -0.15) is 10.1 Å². The van der Waals surface area contributed by atoms with Crippen LogP contribution in [0.1, 0.15) is 41.1 Å². The highest BCUT2D eigenvalue weighted by atomic mass is 32.2. The molecule has 2 amide bonds. The number of anilines is 1. The van der Waals surface area contributed by atoms with E-state index in [4.69, 9.17) is 14.6 Å². The third-order valence-corrected chi connectivity index (χ3v) is 7.98. The summed E-state index contributed by atoms with van der Waals surface area (Å²) in [6.07, 6.45) is 0.478. The number of amides is 2. The van der Waals surface area contributed by atoms with Crippen LogP contribution in [0.25, 0.3) is 0 Å². The van der Waals surface area contributed by atoms with Gasteiger partial charge in [0.25, 0.3) is 5.91 Å². The number of nitrogens with one attached hydrogen (secondary N) is 1. The van der Waals surface area contributed by atoms with E-state index in [0.29, 0.717) is 34.3 Å². The number of rotatable bonds is 7. The highest BCUT2D eigenvalue weighted by Crippen LogP contribution is 2.41. The molecule has 3 aromatic rings. The Hall–Kier alpha value is -4.18. The summed E-state index contributed by atoms with van der Waals surface area (Å²) in [5.41, 5.74) is 4.73. The molecule has 8 nitrogen and oxygen atoms in total. The summed E-state index contributed by atoms with van der Waals surface area (Å²) in [7, 11) is 3.16. The molecule has 10 heteroatoms. The molecule has 1 N–H and O–H groups in total. The summed E-state index contributed by atoms with van der Waals surface area (Å²) in [6, 6.07) is 18.0. The van der Waals surface area contributed by atoms with Crippen LogP contribution in [0.2, 0.25) is 0 Å². The fourth-order valence-corrected chi connectivity index (χ4v) is 5.64. The van der Waals surface area contributed by atoms with E-state index in [-0.39, 0.29) is 12.5 Å². The van der Waals surface area contributed by atoms with Crippen molar-refractivity contribution >= 4 is 40.1 Å². The Morgan fingerprint density at radius 2 is 1.80 bits per heavy atom. The maximum absolute atomic E-state index is 13.9. The molecular weight excluding hydrogens is 531 g/mol. The van der Waals surface area contributed by atoms with Gasteiger partial charge in [0.05, 0.1) is 26.0 Å². The Balaban J connectivity index is 1.38. The van der Waals surface area contributed by atoms with Crippen LogP contribution in [-0.2, 0) is 9.59 Å². The normalized spacial score (nSPS) is 18.4. The lowest BCUT2D eigenvalue weighted by Crippen LogP contribution is -2.25. The van der Waals surface area contributed by atoms with Crippen LogP contribution >= 0.6 is 11.8 Å². The maximum atomic E-state index is 13.9. The third kappa shape index (κ3) is 5.72. The van der Waals surface area contributed by atoms with E-state index >= 15 is 0 Å². The Bertz CT molecular complexity index is 1520. The minimum atomic E-state index is -0.713. The van der Waals surface area contributed by atoms with Crippen LogP contribution in [0.3, 0.4) is 0 Å². The number of hydrogen-bond donors (Lipinski definition) is 1. The van der Waals surface area contributed by atoms with Crippen molar-refractivity contribution in [3.63, 3.8) is 0 Å². The van der Waals surface area contributed by atoms with Crippen LogP contribution in [0.15, 0.2) is 70.8 Å². The summed E-state index contributed by atoms with van der Waals surface area (Å²) in [5.74, 6) is -0.0181. The summed E-state index contributed by atoms with van der Waals surface area (Å²) in [6.45, 7) is 3.67. The molecule has 3 aromatic carbocycles. The number of benzene rings is 3. The molecule has 0 aromatic heterocycles. The van der Waals surface area contributed by atoms with Crippen molar-refractivity contribution in [1.29, 1.82) is 0 Å². The zero-order chi connectivity index (χ0) is 28.4. The number of nitrogens with zero attached hydrogens (tertiary/aromatic N) is 3. The van der Waals surface area contributed by atoms with E-state index < -0.39 is 22.9 Å². The van der Waals surface area contributed by atoms with Gasteiger partial charge in [0.2, 0.25) is 5.91 Å². The van der Waals surface area contributed by atoms with E-state index in [9.17, 15) is 14.0 Å². The van der Waals surface area contributed by atoms with E-state index in [1.54, 1.807) is 38.3 Å². The molecule has 0 saturated heterocycles. The van der Waals surface area contributed by atoms with Crippen LogP contribution in [-0.4, -0.2) is 47.2 Å². The fourth-order valence-electron chi connectivity index (χ4n) is 4.58. The quantitative estimate of drug-likeness (QED) is 0.402. The molecule has 40 heavy (non-hydrogen) atoms. The summed E-state index contributed by atoms with van der Waals surface area (Å²) >= 11 is 1.20. The molecule has 0 fully saturated rings. The van der Waals surface area contributed by atoms with Crippen molar-refractivity contribution in [1.82, 2.24) is 5.01 Å². The van der Waals surface area contributed by atoms with Gasteiger partial charge >= 0.3 is 0 Å². The van der Waals surface area contributed by atoms with E-state index in [1.165, 1.54) is 17.8 Å². The molecule has 0 spiro atoms. The first-order valence-corrected chi connectivity index (χ1v) is 13.6. The van der Waals surface area contributed by atoms with Gasteiger partial charge in [0.15, 0.2) is 16.7 Å². The van der Waals surface area contributed by atoms with Crippen molar-refractivity contribution in [2.24, 2.45) is 10.1 Å². The second-order valence-electron chi connectivity index (χ2n) is 9.65. The first-order chi connectivity index (χ1) is 19.2. The molecule has 0 aliphatic carbocycles. The number of amidine groups is 1. The van der Waals surface area contributed by atoms with E-state index in [2.05, 4.69) is 10.3 Å². The highest BCUT2D eigenvalue weighted by Gasteiger charge is 2.39. The summed E-state index contributed by atoms with van der Waals surface area (Å²) < 4.78 is 24.8. The lowest BCUT2D eigenvalue weighted by molar-refractivity contribution is -0.121. The fraction of sp³-hybridized carbons (Fsp3) is 0.267. The zero-order valence-electron chi connectivity index (χ0n) is 22.6. The van der Waals surface area contributed by atoms with Crippen LogP contribution in [0.5, 0.6) is 11.5 Å². The molecule has 0 radical (unpaired) electrons. The van der Waals surface area contributed by atoms with Gasteiger partial charge in [-0.25, -0.2) is 9.40 Å². The second kappa shape index (κ2) is 11.5. The predicted octanol–water partition coefficient (Wildman–Crippen LogP) is 5.64. The Morgan fingerprint density at radius 3 is 2.50 bits per heavy atom. The first-order valence-electron chi connectivity index (χ1n) is 12.8. The molecule has 5 rings (SSSR count). The number of methoxy groups -OCH3 is 2. The lowest BCUT2D eigenvalue weighted by atomic mass is 9.98. The van der Waals surface area contributed by atoms with Gasteiger partial charge in [0, 0.05) is 18.5 Å². The number of carbonyl (C=O) groups excluding carboxylic acids is 2. The van der Waals surface area contributed by atoms with Crippen LogP contribution in [0, 0.1) is 19.7 Å². The van der Waals surface area contributed by atoms with Gasteiger partial charge < -0.3 is 14.8 Å². The van der Waals surface area contributed by atoms with Gasteiger partial charge in [0.1, 0.15) is 11.1 Å². The van der Waals surface area contributed by atoms with Gasteiger partial charge in [-0.1, -0.05) is 53.7 Å². The number of aliphatic imine (C=N–C) groups is 1. The van der Waals surface area contributed by atoms with Gasteiger partial charge in [-0.3, -0.25) is 9.59 Å². The minimum absolute atomic E-state index is 0.102. The van der Waals surface area contributed by atoms with E-state index in [1.807, 2.05) is 49.4 Å². The summed E-state index contributed by atoms with van der Waals surface area (Å²) in [5, 5.41) is 9.03. The first kappa shape index (κ1) is 27.4. The van der Waals surface area contributed by atoms with Crippen LogP contribution < -0.4 is 14.8 Å². The number of carbonyl (C=O) groups is 2. The average Bonchev–Trinajstić information content (AvgIpc) is 3.54. The van der Waals surface area contributed by atoms with Crippen molar-refractivity contribution in [3.05, 3.63) is 88.7 Å². The lowest BCUT2D eigenvalue weighted by Gasteiger charge is -2.24. The number of aryl methyl sites for hydroxylation is 2. The molecule has 0 saturated carbocycles. The van der Waals surface area contributed by atoms with Crippen molar-refractivity contribution in [2.75, 3.05) is 19.5 Å². The highest BCUT2D eigenvalue weighted by molar-refractivity contribution is 8.15. The molecule has 206 valence electrons. The predicted molar refractivity (Wildman–Crippen MR) is 155 cm³/mol. The largest absolute Gasteiger partial charge is 0.493 e. The Morgan fingerprint density at radius 1 is 1.05 bits per heavy atom. The molecule has 2 heterocycles. The molecule has 0 unspecified atom stereocenters. The molecular formula is C30H29FN4O4S. The van der Waals surface area contributed by atoms with Crippen LogP contribution in [0.4, 0.5) is 10.1 Å². The molecule has 2 atom stereocenters. The summed E-state index contributed by atoms with van der Waals surface area (Å²) in [4.78, 5) is 29.9. The second-order valence-corrected chi connectivity index (χ2v) is 10.8. The number of halogens is 1. The zero-order valence-corrected chi connectivity index (χ0v) is 23.4. The van der Waals surface area contributed by atoms with Crippen molar-refractivity contribution in [3.8, 4) is 11.5 Å². The number of hydrazone groups is 1. The minimum Gasteiger partial charge on any atom is -0.493 e. The van der Waals surface area contributed by atoms with E-state index in [0.717, 1.165) is 22.4 Å². The number of thioether (sulfide) groups is 1. The third-order valence-electron chi connectivity index (χ3n) is 6.84. The number of hydrogen-bond acceptors (Lipinski definition) is 7. The molecule has 0 bridgehead atoms. The topological polar surface area (TPSA) is 92.6 Å². The van der Waals surface area contributed by atoms with Crippen molar-refractivity contribution < 1.29 is 23.5 Å². The standard InChI is InChI=1S/C30H29FN4O4S/c1-17-5-8-19(9-6-17)23-15-24(20-10-12-25(38-3)26(13-20)39-4)35(34-23)30-33-29(37)27(40-30)16-28(36)32-21-11-7-18(2)22(31)14-21/h5-14,24,27H,15-16H2,1-4H3,(H,32,36)/t24-,27+/m1/s1. The SMILES string of the molecule is COc1ccc([C@H]2CC(c3ccc(C)cc3)=NN2C2=NC(=O)[C@H](CC(=O)Nc3ccc(C)c(F)c3)S2)cc1OC. The van der Waals surface area contributed by atoms with Gasteiger partial charge in [-0.05, 0) is 54.8 Å². The maximum Gasteiger partial charge on any atom is 0.262 e. The Labute approximate surface area is 236 Å². The van der Waals surface area contributed by atoms with Crippen molar-refractivity contribution in [2.45, 2.75) is 38.0 Å². The Kier molecular flexibility index (Phi) is 7.88. The number of ether oxygens (including phenoxy) is 2.